The Labute approximate surface area is 91.2 Å². The highest BCUT2D eigenvalue weighted by molar-refractivity contribution is 5.68. The molecule has 0 aromatic rings. The molecule has 88 valence electrons. The van der Waals surface area contributed by atoms with Crippen LogP contribution in [0.3, 0.4) is 0 Å². The Kier molecular flexibility index (Phi) is 3.60. The molecule has 0 aromatic heterocycles. The summed E-state index contributed by atoms with van der Waals surface area (Å²) in [6, 6.07) is 0.0589. The Balaban J connectivity index is 2.53. The number of rotatable bonds is 0. The number of hydrogen-bond donors (Lipinski definition) is 1. The number of ether oxygens (including phenoxy) is 1. The van der Waals surface area contributed by atoms with Gasteiger partial charge in [-0.3, -0.25) is 0 Å². The van der Waals surface area contributed by atoms with Gasteiger partial charge in [0, 0.05) is 12.6 Å². The summed E-state index contributed by atoms with van der Waals surface area (Å²) in [7, 11) is 0. The zero-order chi connectivity index (χ0) is 11.6. The molecule has 1 saturated heterocycles. The highest BCUT2D eigenvalue weighted by Gasteiger charge is 2.30. The first kappa shape index (κ1) is 12.3. The van der Waals surface area contributed by atoms with Crippen molar-refractivity contribution in [3.63, 3.8) is 0 Å². The van der Waals surface area contributed by atoms with E-state index in [2.05, 4.69) is 0 Å². The van der Waals surface area contributed by atoms with Crippen LogP contribution in [0.15, 0.2) is 0 Å². The Bertz CT molecular complexity index is 234. The van der Waals surface area contributed by atoms with Crippen LogP contribution in [0.2, 0.25) is 0 Å². The molecule has 0 aliphatic carbocycles. The second-order valence-electron chi connectivity index (χ2n) is 5.20. The average Bonchev–Trinajstić information content (AvgIpc) is 1.99. The molecule has 1 N–H and O–H groups in total. The van der Waals surface area contributed by atoms with E-state index in [9.17, 15) is 9.90 Å². The van der Waals surface area contributed by atoms with E-state index >= 15 is 0 Å². The maximum absolute atomic E-state index is 11.8. The minimum atomic E-state index is -0.452. The van der Waals surface area contributed by atoms with E-state index in [0.29, 0.717) is 19.4 Å². The van der Waals surface area contributed by atoms with Crippen molar-refractivity contribution in [2.24, 2.45) is 0 Å². The number of carbonyl (C=O) groups is 1. The Morgan fingerprint density at radius 2 is 2.07 bits per heavy atom. The van der Waals surface area contributed by atoms with Crippen molar-refractivity contribution in [2.45, 2.75) is 58.3 Å². The van der Waals surface area contributed by atoms with Gasteiger partial charge in [-0.05, 0) is 40.5 Å². The molecule has 1 fully saturated rings. The standard InChI is InChI=1S/C11H21NO3/c1-8-7-9(13)5-6-12(8)10(14)15-11(2,3)4/h8-9,13H,5-7H2,1-4H3/t8-,9-/m1/s1. The van der Waals surface area contributed by atoms with Gasteiger partial charge in [0.05, 0.1) is 6.10 Å². The highest BCUT2D eigenvalue weighted by atomic mass is 16.6. The fourth-order valence-corrected chi connectivity index (χ4v) is 1.74. The van der Waals surface area contributed by atoms with Gasteiger partial charge >= 0.3 is 6.09 Å². The predicted molar refractivity (Wildman–Crippen MR) is 57.6 cm³/mol. The van der Waals surface area contributed by atoms with Crippen LogP contribution in [0.1, 0.15) is 40.5 Å². The SMILES string of the molecule is C[C@@H]1C[C@H](O)CCN1C(=O)OC(C)(C)C. The van der Waals surface area contributed by atoms with Gasteiger partial charge in [-0.15, -0.1) is 0 Å². The lowest BCUT2D eigenvalue weighted by molar-refractivity contribution is -0.00456. The Hall–Kier alpha value is -0.770. The van der Waals surface area contributed by atoms with Gasteiger partial charge < -0.3 is 14.7 Å². The molecule has 0 saturated carbocycles. The van der Waals surface area contributed by atoms with Gasteiger partial charge in [-0.25, -0.2) is 4.79 Å². The predicted octanol–water partition coefficient (Wildman–Crippen LogP) is 1.77. The van der Waals surface area contributed by atoms with Gasteiger partial charge in [0.2, 0.25) is 0 Å². The third-order valence-electron chi connectivity index (χ3n) is 2.48. The van der Waals surface area contributed by atoms with Crippen LogP contribution in [0.5, 0.6) is 0 Å². The van der Waals surface area contributed by atoms with E-state index < -0.39 is 5.60 Å². The molecule has 15 heavy (non-hydrogen) atoms. The van der Waals surface area contributed by atoms with Crippen molar-refractivity contribution >= 4 is 6.09 Å². The molecule has 1 heterocycles. The van der Waals surface area contributed by atoms with Crippen LogP contribution in [-0.2, 0) is 4.74 Å². The highest BCUT2D eigenvalue weighted by Crippen LogP contribution is 2.20. The van der Waals surface area contributed by atoms with Crippen LogP contribution >= 0.6 is 0 Å². The third kappa shape index (κ3) is 3.70. The molecular weight excluding hydrogens is 194 g/mol. The van der Waals surface area contributed by atoms with Gasteiger partial charge in [-0.2, -0.15) is 0 Å². The van der Waals surface area contributed by atoms with Crippen molar-refractivity contribution in [1.29, 1.82) is 0 Å². The number of aliphatic hydroxyl groups is 1. The summed E-state index contributed by atoms with van der Waals surface area (Å²) >= 11 is 0. The Morgan fingerprint density at radius 1 is 1.47 bits per heavy atom. The van der Waals surface area contributed by atoms with Crippen molar-refractivity contribution in [3.05, 3.63) is 0 Å². The molecule has 0 aromatic carbocycles. The number of likely N-dealkylation sites (tertiary alicyclic amines) is 1. The summed E-state index contributed by atoms with van der Waals surface area (Å²) < 4.78 is 5.29. The third-order valence-corrected chi connectivity index (χ3v) is 2.48. The van der Waals surface area contributed by atoms with Crippen LogP contribution in [0.25, 0.3) is 0 Å². The van der Waals surface area contributed by atoms with E-state index in [4.69, 9.17) is 4.74 Å². The van der Waals surface area contributed by atoms with Crippen molar-refractivity contribution in [1.82, 2.24) is 4.90 Å². The molecule has 1 rings (SSSR count). The maximum Gasteiger partial charge on any atom is 0.410 e. The summed E-state index contributed by atoms with van der Waals surface area (Å²) in [5, 5.41) is 9.43. The smallest absolute Gasteiger partial charge is 0.410 e. The fourth-order valence-electron chi connectivity index (χ4n) is 1.74. The second-order valence-corrected chi connectivity index (χ2v) is 5.20. The largest absolute Gasteiger partial charge is 0.444 e. The number of hydrogen-bond acceptors (Lipinski definition) is 3. The number of nitrogens with zero attached hydrogens (tertiary/aromatic N) is 1. The summed E-state index contributed by atoms with van der Waals surface area (Å²) in [5.41, 5.74) is -0.452. The van der Waals surface area contributed by atoms with Crippen molar-refractivity contribution < 1.29 is 14.6 Å². The van der Waals surface area contributed by atoms with E-state index in [1.165, 1.54) is 0 Å². The van der Waals surface area contributed by atoms with E-state index in [0.717, 1.165) is 0 Å². The minimum Gasteiger partial charge on any atom is -0.444 e. The lowest BCUT2D eigenvalue weighted by Crippen LogP contribution is -2.47. The second kappa shape index (κ2) is 4.39. The van der Waals surface area contributed by atoms with Crippen LogP contribution in [0.4, 0.5) is 4.79 Å². The molecule has 2 atom stereocenters. The van der Waals surface area contributed by atoms with Gasteiger partial charge in [-0.1, -0.05) is 0 Å². The molecule has 1 aliphatic rings. The summed E-state index contributed by atoms with van der Waals surface area (Å²) in [6.07, 6.45) is 0.726. The molecular formula is C11H21NO3. The molecule has 1 aliphatic heterocycles. The molecule has 0 spiro atoms. The normalized spacial score (nSPS) is 27.7. The first-order valence-corrected chi connectivity index (χ1v) is 5.47. The number of piperidine rings is 1. The zero-order valence-electron chi connectivity index (χ0n) is 9.99. The van der Waals surface area contributed by atoms with Crippen molar-refractivity contribution in [2.75, 3.05) is 6.54 Å². The van der Waals surface area contributed by atoms with E-state index in [1.54, 1.807) is 4.90 Å². The minimum absolute atomic E-state index is 0.0589. The summed E-state index contributed by atoms with van der Waals surface area (Å²) in [6.45, 7) is 8.08. The van der Waals surface area contributed by atoms with E-state index in [1.807, 2.05) is 27.7 Å². The average molecular weight is 215 g/mol. The van der Waals surface area contributed by atoms with Crippen LogP contribution in [0, 0.1) is 0 Å². The van der Waals surface area contributed by atoms with Gasteiger partial charge in [0.25, 0.3) is 0 Å². The topological polar surface area (TPSA) is 49.8 Å². The number of carbonyl (C=O) groups excluding carboxylic acids is 1. The van der Waals surface area contributed by atoms with Crippen LogP contribution in [-0.4, -0.2) is 40.4 Å². The first-order chi connectivity index (χ1) is 6.79. The molecule has 1 amide bonds. The first-order valence-electron chi connectivity index (χ1n) is 5.47. The van der Waals surface area contributed by atoms with Gasteiger partial charge in [0.15, 0.2) is 0 Å². The molecule has 0 radical (unpaired) electrons. The molecule has 4 heteroatoms. The lowest BCUT2D eigenvalue weighted by atomic mass is 10.0. The van der Waals surface area contributed by atoms with Crippen molar-refractivity contribution in [3.8, 4) is 0 Å². The fraction of sp³-hybridized carbons (Fsp3) is 0.909. The number of amides is 1. The molecule has 4 nitrogen and oxygen atoms in total. The zero-order valence-corrected chi connectivity index (χ0v) is 9.99. The van der Waals surface area contributed by atoms with E-state index in [-0.39, 0.29) is 18.2 Å². The molecule has 0 bridgehead atoms. The maximum atomic E-state index is 11.8. The quantitative estimate of drug-likeness (QED) is 0.670. The Morgan fingerprint density at radius 3 is 2.53 bits per heavy atom. The molecule has 0 unspecified atom stereocenters. The van der Waals surface area contributed by atoms with Gasteiger partial charge in [0.1, 0.15) is 5.60 Å². The summed E-state index contributed by atoms with van der Waals surface area (Å²) in [4.78, 5) is 13.4. The number of aliphatic hydroxyl groups excluding tert-OH is 1. The van der Waals surface area contributed by atoms with Crippen LogP contribution < -0.4 is 0 Å². The monoisotopic (exact) mass is 215 g/mol. The summed E-state index contributed by atoms with van der Waals surface area (Å²) in [5.74, 6) is 0. The lowest BCUT2D eigenvalue weighted by Gasteiger charge is -2.36.